The summed E-state index contributed by atoms with van der Waals surface area (Å²) in [5.74, 6) is -1.08. The Kier molecular flexibility index (Phi) is 31.9. The van der Waals surface area contributed by atoms with E-state index in [2.05, 4.69) is 38.2 Å². The van der Waals surface area contributed by atoms with Crippen LogP contribution in [0.4, 0.5) is 0 Å². The molecular formula is C40H74O4. The number of esters is 1. The lowest BCUT2D eigenvalue weighted by Crippen LogP contribution is -2.48. The zero-order chi connectivity index (χ0) is 32.4. The van der Waals surface area contributed by atoms with E-state index in [-0.39, 0.29) is 25.2 Å². The molecule has 0 rings (SSSR count). The molecule has 0 aromatic carbocycles. The van der Waals surface area contributed by atoms with Crippen molar-refractivity contribution in [2.45, 2.75) is 213 Å². The maximum absolute atomic E-state index is 13.1. The molecular weight excluding hydrogens is 544 g/mol. The summed E-state index contributed by atoms with van der Waals surface area (Å²) in [5, 5.41) is 11.2. The van der Waals surface area contributed by atoms with Crippen molar-refractivity contribution in [3.8, 4) is 0 Å². The molecule has 0 saturated carbocycles. The minimum absolute atomic E-state index is 0.190. The molecule has 1 atom stereocenters. The average molecular weight is 619 g/mol. The molecule has 4 nitrogen and oxygen atoms in total. The van der Waals surface area contributed by atoms with Gasteiger partial charge in [-0.1, -0.05) is 167 Å². The van der Waals surface area contributed by atoms with Gasteiger partial charge in [-0.15, -0.1) is 0 Å². The van der Waals surface area contributed by atoms with Crippen molar-refractivity contribution < 1.29 is 19.4 Å². The molecule has 0 spiro atoms. The van der Waals surface area contributed by atoms with Crippen LogP contribution in [0.5, 0.6) is 0 Å². The van der Waals surface area contributed by atoms with Crippen LogP contribution in [-0.4, -0.2) is 29.1 Å². The third kappa shape index (κ3) is 25.9. The van der Waals surface area contributed by atoms with E-state index in [9.17, 15) is 14.7 Å². The molecule has 4 heteroatoms. The Bertz CT molecular complexity index is 697. The number of unbranched alkanes of at least 4 members (excludes halogenated alkanes) is 22. The van der Waals surface area contributed by atoms with Crippen LogP contribution in [0, 0.1) is 0 Å². The fourth-order valence-corrected chi connectivity index (χ4v) is 5.66. The van der Waals surface area contributed by atoms with Crippen LogP contribution in [0.2, 0.25) is 0 Å². The Morgan fingerprint density at radius 1 is 0.523 bits per heavy atom. The maximum Gasteiger partial charge on any atom is 0.345 e. The van der Waals surface area contributed by atoms with Gasteiger partial charge >= 0.3 is 5.97 Å². The van der Waals surface area contributed by atoms with Crippen LogP contribution >= 0.6 is 0 Å². The van der Waals surface area contributed by atoms with Crippen molar-refractivity contribution in [3.63, 3.8) is 0 Å². The van der Waals surface area contributed by atoms with Gasteiger partial charge in [-0.25, -0.2) is 4.79 Å². The Hall–Kier alpha value is -1.42. The monoisotopic (exact) mass is 619 g/mol. The van der Waals surface area contributed by atoms with Crippen LogP contribution in [0.1, 0.15) is 207 Å². The Balaban J connectivity index is 4.16. The first-order valence-corrected chi connectivity index (χ1v) is 19.3. The van der Waals surface area contributed by atoms with E-state index < -0.39 is 11.6 Å². The lowest BCUT2D eigenvalue weighted by atomic mass is 9.88. The van der Waals surface area contributed by atoms with E-state index >= 15 is 0 Å². The van der Waals surface area contributed by atoms with E-state index in [4.69, 9.17) is 4.74 Å². The van der Waals surface area contributed by atoms with Crippen molar-refractivity contribution >= 4 is 11.8 Å². The standard InChI is InChI=1S/C40H74O4/c1-4-7-10-12-14-16-18-20-22-23-25-27-29-31-33-35-38(41)40(43,39(42)44-37-9-6-3)36-34-32-30-28-26-24-21-19-17-15-13-11-8-5-2/h14,16,20,22,43H,4-13,15,17-19,21,23-37H2,1-3H3/b16-14-,22-20-. The summed E-state index contributed by atoms with van der Waals surface area (Å²) in [7, 11) is 0. The lowest BCUT2D eigenvalue weighted by molar-refractivity contribution is -0.171. The minimum Gasteiger partial charge on any atom is -0.463 e. The van der Waals surface area contributed by atoms with E-state index in [1.165, 1.54) is 96.3 Å². The molecule has 0 fully saturated rings. The SMILES string of the molecule is CCCCC/C=C\C/C=C\CCCCCCCC(=O)C(O)(CCCCCCCCCCCCCCCC)C(=O)OCCCC. The summed E-state index contributed by atoms with van der Waals surface area (Å²) in [6, 6.07) is 0. The minimum atomic E-state index is -1.97. The van der Waals surface area contributed by atoms with E-state index in [1.807, 2.05) is 6.92 Å². The van der Waals surface area contributed by atoms with Gasteiger partial charge in [0.1, 0.15) is 0 Å². The number of Topliss-reactive ketones (excluding diaryl/α,β-unsaturated/α-hetero) is 1. The van der Waals surface area contributed by atoms with Gasteiger partial charge in [0.05, 0.1) is 6.61 Å². The molecule has 1 N–H and O–H groups in total. The van der Waals surface area contributed by atoms with Gasteiger partial charge in [-0.3, -0.25) is 4.79 Å². The zero-order valence-electron chi connectivity index (χ0n) is 29.7. The second-order valence-corrected chi connectivity index (χ2v) is 13.1. The molecule has 1 unspecified atom stereocenters. The van der Waals surface area contributed by atoms with Crippen LogP contribution in [-0.2, 0) is 14.3 Å². The highest BCUT2D eigenvalue weighted by atomic mass is 16.5. The molecule has 0 amide bonds. The fourth-order valence-electron chi connectivity index (χ4n) is 5.66. The van der Waals surface area contributed by atoms with Gasteiger partial charge in [-0.2, -0.15) is 0 Å². The largest absolute Gasteiger partial charge is 0.463 e. The van der Waals surface area contributed by atoms with Gasteiger partial charge in [0, 0.05) is 6.42 Å². The molecule has 0 aliphatic rings. The smallest absolute Gasteiger partial charge is 0.345 e. The maximum atomic E-state index is 13.1. The van der Waals surface area contributed by atoms with Gasteiger partial charge in [-0.05, 0) is 57.8 Å². The summed E-state index contributed by atoms with van der Waals surface area (Å²) >= 11 is 0. The number of rotatable bonds is 34. The molecule has 44 heavy (non-hydrogen) atoms. The van der Waals surface area contributed by atoms with Crippen LogP contribution in [0.3, 0.4) is 0 Å². The second kappa shape index (κ2) is 33.0. The number of hydrogen-bond donors (Lipinski definition) is 1. The van der Waals surface area contributed by atoms with Gasteiger partial charge in [0.15, 0.2) is 5.78 Å². The highest BCUT2D eigenvalue weighted by molar-refractivity contribution is 6.06. The predicted molar refractivity (Wildman–Crippen MR) is 190 cm³/mol. The van der Waals surface area contributed by atoms with E-state index in [0.717, 1.165) is 70.6 Å². The van der Waals surface area contributed by atoms with Gasteiger partial charge in [0.2, 0.25) is 5.60 Å². The summed E-state index contributed by atoms with van der Waals surface area (Å²) in [6.07, 6.45) is 40.9. The van der Waals surface area contributed by atoms with Crippen LogP contribution in [0.25, 0.3) is 0 Å². The van der Waals surface area contributed by atoms with E-state index in [1.54, 1.807) is 0 Å². The number of ketones is 1. The first kappa shape index (κ1) is 42.6. The first-order chi connectivity index (χ1) is 21.5. The highest BCUT2D eigenvalue weighted by Crippen LogP contribution is 2.23. The molecule has 0 aromatic rings. The summed E-state index contributed by atoms with van der Waals surface area (Å²) in [4.78, 5) is 25.9. The van der Waals surface area contributed by atoms with E-state index in [0.29, 0.717) is 6.42 Å². The first-order valence-electron chi connectivity index (χ1n) is 19.3. The quantitative estimate of drug-likeness (QED) is 0.0337. The van der Waals surface area contributed by atoms with Crippen LogP contribution in [0.15, 0.2) is 24.3 Å². The number of carbonyl (C=O) groups excluding carboxylic acids is 2. The fraction of sp³-hybridized carbons (Fsp3) is 0.850. The number of ether oxygens (including phenoxy) is 1. The molecule has 0 aromatic heterocycles. The zero-order valence-corrected chi connectivity index (χ0v) is 29.7. The topological polar surface area (TPSA) is 63.6 Å². The van der Waals surface area contributed by atoms with Gasteiger partial charge < -0.3 is 9.84 Å². The van der Waals surface area contributed by atoms with Crippen molar-refractivity contribution in [1.82, 2.24) is 0 Å². The summed E-state index contributed by atoms with van der Waals surface area (Å²) < 4.78 is 5.35. The molecule has 0 aliphatic heterocycles. The Labute approximate surface area is 274 Å². The molecule has 0 saturated heterocycles. The number of hydrogen-bond acceptors (Lipinski definition) is 4. The summed E-state index contributed by atoms with van der Waals surface area (Å²) in [6.45, 7) is 6.81. The molecule has 258 valence electrons. The van der Waals surface area contributed by atoms with Crippen LogP contribution < -0.4 is 0 Å². The highest BCUT2D eigenvalue weighted by Gasteiger charge is 2.43. The second-order valence-electron chi connectivity index (χ2n) is 13.1. The molecule has 0 radical (unpaired) electrons. The summed E-state index contributed by atoms with van der Waals surface area (Å²) in [5.41, 5.74) is -1.97. The molecule has 0 aliphatic carbocycles. The normalized spacial score (nSPS) is 13.2. The van der Waals surface area contributed by atoms with Crippen molar-refractivity contribution in [1.29, 1.82) is 0 Å². The number of aliphatic hydroxyl groups is 1. The third-order valence-corrected chi connectivity index (χ3v) is 8.78. The average Bonchev–Trinajstić information content (AvgIpc) is 3.02. The van der Waals surface area contributed by atoms with Crippen molar-refractivity contribution in [2.75, 3.05) is 6.61 Å². The lowest BCUT2D eigenvalue weighted by Gasteiger charge is -2.25. The van der Waals surface area contributed by atoms with Crippen molar-refractivity contribution in [2.24, 2.45) is 0 Å². The Morgan fingerprint density at radius 2 is 0.932 bits per heavy atom. The predicted octanol–water partition coefficient (Wildman–Crippen LogP) is 12.3. The number of allylic oxidation sites excluding steroid dienone is 4. The Morgan fingerprint density at radius 3 is 1.45 bits per heavy atom. The third-order valence-electron chi connectivity index (χ3n) is 8.78. The van der Waals surface area contributed by atoms with Gasteiger partial charge in [0.25, 0.3) is 0 Å². The van der Waals surface area contributed by atoms with Crippen molar-refractivity contribution in [3.05, 3.63) is 24.3 Å². The molecule has 0 heterocycles. The number of carbonyl (C=O) groups is 2. The molecule has 0 bridgehead atoms.